The van der Waals surface area contributed by atoms with Crippen LogP contribution in [0.2, 0.25) is 0 Å². The molecule has 0 aliphatic carbocycles. The van der Waals surface area contributed by atoms with E-state index < -0.39 is 13.3 Å². The Balaban J connectivity index is 0.000000368. The molecule has 2 aromatic carbocycles. The Labute approximate surface area is 140 Å². The van der Waals surface area contributed by atoms with Crippen LogP contribution in [0.25, 0.3) is 0 Å². The van der Waals surface area contributed by atoms with Crippen LogP contribution in [0.1, 0.15) is 23.6 Å². The van der Waals surface area contributed by atoms with Gasteiger partial charge in [-0.25, -0.2) is 0 Å². The summed E-state index contributed by atoms with van der Waals surface area (Å²) in [6.45, 7) is 0.796. The molecule has 2 aromatic rings. The van der Waals surface area contributed by atoms with E-state index in [0.717, 1.165) is 24.7 Å². The summed E-state index contributed by atoms with van der Waals surface area (Å²) in [6.07, 6.45) is -1.09. The van der Waals surface area contributed by atoms with Crippen LogP contribution in [0, 0.1) is 0 Å². The minimum atomic E-state index is -4.00. The number of alkyl halides is 3. The van der Waals surface area contributed by atoms with Gasteiger partial charge >= 0.3 is 13.3 Å². The zero-order chi connectivity index (χ0) is 17.6. The van der Waals surface area contributed by atoms with E-state index in [9.17, 15) is 18.2 Å². The van der Waals surface area contributed by atoms with Crippen LogP contribution < -0.4 is 5.46 Å². The molecular formula is C18H20BF3O2. The highest BCUT2D eigenvalue weighted by atomic mass is 19.4. The Kier molecular flexibility index (Phi) is 6.46. The van der Waals surface area contributed by atoms with Gasteiger partial charge in [-0.3, -0.25) is 0 Å². The number of fused-ring (bicyclic) bond motifs is 1. The second kappa shape index (κ2) is 8.35. The van der Waals surface area contributed by atoms with Crippen molar-refractivity contribution < 1.29 is 22.8 Å². The topological polar surface area (TPSA) is 29.5 Å². The van der Waals surface area contributed by atoms with Crippen molar-refractivity contribution in [3.8, 4) is 0 Å². The summed E-state index contributed by atoms with van der Waals surface area (Å²) in [7, 11) is -0.750. The lowest BCUT2D eigenvalue weighted by Crippen LogP contribution is -2.41. The maximum Gasteiger partial charge on any atom is 0.491 e. The summed E-state index contributed by atoms with van der Waals surface area (Å²) in [4.78, 5) is 0. The standard InChI is InChI=1S/C16H17BO2.C2H3F3/c18-17-16-12-14(8-9-15(16)10-11-19-17)7-6-13-4-2-1-3-5-13;1-2(3,4)5/h1-5,8-9,12,18H,6-7,10-11H2;1H3. The predicted molar refractivity (Wildman–Crippen MR) is 89.3 cm³/mol. The molecule has 1 aliphatic rings. The van der Waals surface area contributed by atoms with Crippen molar-refractivity contribution in [3.63, 3.8) is 0 Å². The first-order valence-electron chi connectivity index (χ1n) is 7.85. The molecule has 0 atom stereocenters. The third-order valence-corrected chi connectivity index (χ3v) is 3.67. The van der Waals surface area contributed by atoms with Gasteiger partial charge in [-0.15, -0.1) is 0 Å². The molecule has 0 amide bonds. The second-order valence-corrected chi connectivity index (χ2v) is 5.77. The number of rotatable bonds is 3. The van der Waals surface area contributed by atoms with E-state index in [0.29, 0.717) is 6.61 Å². The predicted octanol–water partition coefficient (Wildman–Crippen LogP) is 3.30. The lowest BCUT2D eigenvalue weighted by molar-refractivity contribution is -0.110. The Hall–Kier alpha value is -1.79. The minimum absolute atomic E-state index is 0.188. The summed E-state index contributed by atoms with van der Waals surface area (Å²) in [5, 5.41) is 9.85. The van der Waals surface area contributed by atoms with E-state index in [2.05, 4.69) is 42.5 Å². The van der Waals surface area contributed by atoms with E-state index in [-0.39, 0.29) is 6.92 Å². The molecule has 0 radical (unpaired) electrons. The number of halogens is 3. The highest BCUT2D eigenvalue weighted by Crippen LogP contribution is 2.12. The van der Waals surface area contributed by atoms with Gasteiger partial charge in [-0.2, -0.15) is 13.2 Å². The Morgan fingerprint density at radius 1 is 1.04 bits per heavy atom. The Morgan fingerprint density at radius 3 is 2.33 bits per heavy atom. The molecule has 0 saturated carbocycles. The molecule has 3 rings (SSSR count). The fourth-order valence-electron chi connectivity index (χ4n) is 2.56. The molecule has 0 saturated heterocycles. The fourth-order valence-corrected chi connectivity index (χ4v) is 2.56. The van der Waals surface area contributed by atoms with Crippen LogP contribution in [-0.2, 0) is 23.9 Å². The van der Waals surface area contributed by atoms with Gasteiger partial charge in [0.1, 0.15) is 0 Å². The minimum Gasteiger partial charge on any atom is -0.423 e. The number of aryl methyl sites for hydroxylation is 2. The number of hydrogen-bond acceptors (Lipinski definition) is 2. The van der Waals surface area contributed by atoms with Gasteiger partial charge in [-0.05, 0) is 41.4 Å². The van der Waals surface area contributed by atoms with E-state index >= 15 is 0 Å². The third kappa shape index (κ3) is 6.38. The molecule has 0 fully saturated rings. The van der Waals surface area contributed by atoms with Gasteiger partial charge in [0, 0.05) is 13.5 Å². The molecule has 1 N–H and O–H groups in total. The fraction of sp³-hybridized carbons (Fsp3) is 0.333. The van der Waals surface area contributed by atoms with E-state index in [1.54, 1.807) is 0 Å². The van der Waals surface area contributed by atoms with Crippen LogP contribution in [-0.4, -0.2) is 24.9 Å². The van der Waals surface area contributed by atoms with Crippen molar-refractivity contribution in [2.45, 2.75) is 32.4 Å². The molecule has 2 nitrogen and oxygen atoms in total. The van der Waals surface area contributed by atoms with Crippen molar-refractivity contribution in [1.29, 1.82) is 0 Å². The Bertz CT molecular complexity index is 638. The molecular weight excluding hydrogens is 316 g/mol. The zero-order valence-corrected chi connectivity index (χ0v) is 13.5. The van der Waals surface area contributed by atoms with Crippen LogP contribution >= 0.6 is 0 Å². The first-order valence-corrected chi connectivity index (χ1v) is 7.85. The van der Waals surface area contributed by atoms with Crippen LogP contribution in [0.4, 0.5) is 13.2 Å². The van der Waals surface area contributed by atoms with Crippen LogP contribution in [0.5, 0.6) is 0 Å². The molecule has 1 heterocycles. The Morgan fingerprint density at radius 2 is 1.67 bits per heavy atom. The molecule has 6 heteroatoms. The quantitative estimate of drug-likeness (QED) is 0.872. The monoisotopic (exact) mass is 336 g/mol. The summed E-state index contributed by atoms with van der Waals surface area (Å²) >= 11 is 0. The third-order valence-electron chi connectivity index (χ3n) is 3.67. The largest absolute Gasteiger partial charge is 0.491 e. The molecule has 0 bridgehead atoms. The SMILES string of the molecule is CC(F)(F)F.OB1OCCc2ccc(CCc3ccccc3)cc21. The average molecular weight is 336 g/mol. The molecule has 0 aromatic heterocycles. The highest BCUT2D eigenvalue weighted by molar-refractivity contribution is 6.60. The lowest BCUT2D eigenvalue weighted by Gasteiger charge is -2.19. The second-order valence-electron chi connectivity index (χ2n) is 5.77. The zero-order valence-electron chi connectivity index (χ0n) is 13.5. The van der Waals surface area contributed by atoms with Gasteiger partial charge < -0.3 is 9.68 Å². The first kappa shape index (κ1) is 18.6. The molecule has 1 aliphatic heterocycles. The summed E-state index contributed by atoms with van der Waals surface area (Å²) in [5.41, 5.74) is 4.75. The van der Waals surface area contributed by atoms with Gasteiger partial charge in [-0.1, -0.05) is 48.5 Å². The van der Waals surface area contributed by atoms with Gasteiger partial charge in [0.25, 0.3) is 0 Å². The summed E-state index contributed by atoms with van der Waals surface area (Å²) in [5.74, 6) is 0. The van der Waals surface area contributed by atoms with Gasteiger partial charge in [0.15, 0.2) is 0 Å². The summed E-state index contributed by atoms with van der Waals surface area (Å²) < 4.78 is 36.3. The van der Waals surface area contributed by atoms with Crippen molar-refractivity contribution in [3.05, 3.63) is 65.2 Å². The normalized spacial score (nSPS) is 13.8. The molecule has 0 unspecified atom stereocenters. The molecule has 0 spiro atoms. The summed E-state index contributed by atoms with van der Waals surface area (Å²) in [6, 6.07) is 16.9. The maximum atomic E-state index is 10.4. The molecule has 24 heavy (non-hydrogen) atoms. The van der Waals surface area contributed by atoms with Gasteiger partial charge in [0.2, 0.25) is 0 Å². The first-order chi connectivity index (χ1) is 11.3. The average Bonchev–Trinajstić information content (AvgIpc) is 2.53. The van der Waals surface area contributed by atoms with E-state index in [4.69, 9.17) is 4.65 Å². The van der Waals surface area contributed by atoms with Crippen molar-refractivity contribution in [1.82, 2.24) is 0 Å². The maximum absolute atomic E-state index is 10.4. The van der Waals surface area contributed by atoms with Crippen LogP contribution in [0.15, 0.2) is 48.5 Å². The molecule has 128 valence electrons. The van der Waals surface area contributed by atoms with E-state index in [1.807, 2.05) is 6.07 Å². The smallest absolute Gasteiger partial charge is 0.423 e. The van der Waals surface area contributed by atoms with Crippen molar-refractivity contribution in [2.24, 2.45) is 0 Å². The van der Waals surface area contributed by atoms with E-state index in [1.165, 1.54) is 16.7 Å². The number of hydrogen-bond donors (Lipinski definition) is 1. The van der Waals surface area contributed by atoms with Crippen LogP contribution in [0.3, 0.4) is 0 Å². The highest BCUT2D eigenvalue weighted by Gasteiger charge is 2.24. The lowest BCUT2D eigenvalue weighted by atomic mass is 9.73. The number of benzene rings is 2. The van der Waals surface area contributed by atoms with Crippen molar-refractivity contribution >= 4 is 12.6 Å². The van der Waals surface area contributed by atoms with Crippen molar-refractivity contribution in [2.75, 3.05) is 6.61 Å². The van der Waals surface area contributed by atoms with Gasteiger partial charge in [0.05, 0.1) is 0 Å².